The molecule has 0 spiro atoms. The largest absolute Gasteiger partial charge is 0.312 e. The van der Waals surface area contributed by atoms with Crippen molar-refractivity contribution in [1.82, 2.24) is 15.1 Å². The van der Waals surface area contributed by atoms with Crippen LogP contribution in [0.15, 0.2) is 42.6 Å². The van der Waals surface area contributed by atoms with Crippen LogP contribution in [0, 0.1) is 0 Å². The first-order valence-electron chi connectivity index (χ1n) is 7.93. The van der Waals surface area contributed by atoms with E-state index in [9.17, 15) is 4.79 Å². The zero-order valence-corrected chi connectivity index (χ0v) is 14.1. The number of nitrogens with one attached hydrogen (secondary N) is 2. The second-order valence-corrected chi connectivity index (χ2v) is 6.90. The third-order valence-electron chi connectivity index (χ3n) is 3.98. The molecule has 1 aliphatic heterocycles. The number of nitrogens with zero attached hydrogens (tertiary/aromatic N) is 2. The molecule has 2 aromatic rings. The highest BCUT2D eigenvalue weighted by atomic mass is 32.2. The Morgan fingerprint density at radius 3 is 3.00 bits per heavy atom. The van der Waals surface area contributed by atoms with Gasteiger partial charge in [-0.2, -0.15) is 16.9 Å². The molecule has 2 heterocycles. The molecule has 1 saturated heterocycles. The van der Waals surface area contributed by atoms with E-state index < -0.39 is 0 Å². The van der Waals surface area contributed by atoms with Gasteiger partial charge in [0.05, 0.1) is 6.04 Å². The molecule has 2 N–H and O–H groups in total. The van der Waals surface area contributed by atoms with Gasteiger partial charge in [0, 0.05) is 42.8 Å². The summed E-state index contributed by atoms with van der Waals surface area (Å²) < 4.78 is 1.87. The van der Waals surface area contributed by atoms with Crippen LogP contribution in [0.1, 0.15) is 24.9 Å². The Labute approximate surface area is 140 Å². The van der Waals surface area contributed by atoms with Gasteiger partial charge >= 0.3 is 0 Å². The molecule has 1 fully saturated rings. The van der Waals surface area contributed by atoms with Crippen molar-refractivity contribution in [3.63, 3.8) is 0 Å². The van der Waals surface area contributed by atoms with Gasteiger partial charge in [0.25, 0.3) is 0 Å². The van der Waals surface area contributed by atoms with Gasteiger partial charge < -0.3 is 10.6 Å². The van der Waals surface area contributed by atoms with Crippen LogP contribution in [0.25, 0.3) is 0 Å². The van der Waals surface area contributed by atoms with Gasteiger partial charge in [0.15, 0.2) is 5.82 Å². The lowest BCUT2D eigenvalue weighted by molar-refractivity contribution is -0.116. The van der Waals surface area contributed by atoms with Gasteiger partial charge in [0.1, 0.15) is 0 Å². The molecule has 0 radical (unpaired) electrons. The van der Waals surface area contributed by atoms with Gasteiger partial charge in [-0.25, -0.2) is 0 Å². The number of thioether (sulfide) groups is 1. The van der Waals surface area contributed by atoms with E-state index in [0.717, 1.165) is 18.1 Å². The molecule has 122 valence electrons. The van der Waals surface area contributed by atoms with E-state index in [-0.39, 0.29) is 18.0 Å². The van der Waals surface area contributed by atoms with Crippen LogP contribution < -0.4 is 10.6 Å². The number of aromatic nitrogens is 2. The normalized spacial score (nSPS) is 19.3. The average molecular weight is 330 g/mol. The molecule has 0 unspecified atom stereocenters. The summed E-state index contributed by atoms with van der Waals surface area (Å²) in [6.45, 7) is 3.07. The van der Waals surface area contributed by atoms with Crippen molar-refractivity contribution in [2.24, 2.45) is 0 Å². The summed E-state index contributed by atoms with van der Waals surface area (Å²) in [5, 5.41) is 10.7. The Kier molecular flexibility index (Phi) is 5.35. The van der Waals surface area contributed by atoms with E-state index in [1.165, 1.54) is 5.56 Å². The van der Waals surface area contributed by atoms with Crippen molar-refractivity contribution in [1.29, 1.82) is 0 Å². The Morgan fingerprint density at radius 1 is 1.43 bits per heavy atom. The van der Waals surface area contributed by atoms with Crippen LogP contribution in [0.2, 0.25) is 0 Å². The zero-order valence-electron chi connectivity index (χ0n) is 13.2. The van der Waals surface area contributed by atoms with Gasteiger partial charge in [-0.3, -0.25) is 9.48 Å². The van der Waals surface area contributed by atoms with Crippen molar-refractivity contribution in [2.45, 2.75) is 25.4 Å². The van der Waals surface area contributed by atoms with Crippen LogP contribution in [-0.2, 0) is 4.79 Å². The summed E-state index contributed by atoms with van der Waals surface area (Å²) in [4.78, 5) is 12.1. The summed E-state index contributed by atoms with van der Waals surface area (Å²) >= 11 is 1.89. The number of hydrogen-bond acceptors (Lipinski definition) is 4. The summed E-state index contributed by atoms with van der Waals surface area (Å²) in [6, 6.07) is 12.5. The molecule has 0 aliphatic carbocycles. The third-order valence-corrected chi connectivity index (χ3v) is 5.12. The average Bonchev–Trinajstić information content (AvgIpc) is 3.04. The van der Waals surface area contributed by atoms with Crippen LogP contribution >= 0.6 is 11.8 Å². The van der Waals surface area contributed by atoms with Crippen LogP contribution in [0.5, 0.6) is 0 Å². The highest BCUT2D eigenvalue weighted by Gasteiger charge is 2.17. The summed E-state index contributed by atoms with van der Waals surface area (Å²) in [6.07, 6.45) is 2.40. The SMILES string of the molecule is C[C@H](c1ccccc1)n1ccc(NC(=O)C[C@@H]2CSCCN2)n1. The maximum Gasteiger partial charge on any atom is 0.227 e. The molecule has 1 amide bonds. The molecule has 23 heavy (non-hydrogen) atoms. The van der Waals surface area contributed by atoms with Crippen LogP contribution in [0.3, 0.4) is 0 Å². The van der Waals surface area contributed by atoms with Crippen molar-refractivity contribution < 1.29 is 4.79 Å². The molecular weight excluding hydrogens is 308 g/mol. The standard InChI is InChI=1S/C17H22N4OS/c1-13(14-5-3-2-4-6-14)21-9-7-16(20-21)19-17(22)11-15-12-23-10-8-18-15/h2-7,9,13,15,18H,8,10-12H2,1H3,(H,19,20,22)/t13-,15-/m1/s1. The molecule has 3 rings (SSSR count). The minimum Gasteiger partial charge on any atom is -0.312 e. The second-order valence-electron chi connectivity index (χ2n) is 5.75. The first kappa shape index (κ1) is 16.1. The number of rotatable bonds is 5. The Bertz CT molecular complexity index is 637. The number of amides is 1. The maximum absolute atomic E-state index is 12.1. The lowest BCUT2D eigenvalue weighted by atomic mass is 10.1. The minimum absolute atomic E-state index is 0.0163. The molecule has 1 aromatic carbocycles. The molecule has 0 saturated carbocycles. The van der Waals surface area contributed by atoms with Crippen molar-refractivity contribution in [3.8, 4) is 0 Å². The first-order chi connectivity index (χ1) is 11.2. The Hall–Kier alpha value is -1.79. The zero-order chi connectivity index (χ0) is 16.1. The predicted molar refractivity (Wildman–Crippen MR) is 94.8 cm³/mol. The fraction of sp³-hybridized carbons (Fsp3) is 0.412. The topological polar surface area (TPSA) is 59.0 Å². The number of benzene rings is 1. The Morgan fingerprint density at radius 2 is 2.26 bits per heavy atom. The number of hydrogen-bond donors (Lipinski definition) is 2. The fourth-order valence-electron chi connectivity index (χ4n) is 2.67. The van der Waals surface area contributed by atoms with Gasteiger partial charge in [-0.05, 0) is 12.5 Å². The van der Waals surface area contributed by atoms with Gasteiger partial charge in [-0.1, -0.05) is 30.3 Å². The summed E-state index contributed by atoms with van der Waals surface area (Å²) in [5.74, 6) is 2.75. The monoisotopic (exact) mass is 330 g/mol. The lowest BCUT2D eigenvalue weighted by Crippen LogP contribution is -2.39. The number of carbonyl (C=O) groups is 1. The van der Waals surface area contributed by atoms with Crippen molar-refractivity contribution in [3.05, 3.63) is 48.2 Å². The number of anilines is 1. The minimum atomic E-state index is 0.0163. The molecule has 1 aliphatic rings. The van der Waals surface area contributed by atoms with Crippen molar-refractivity contribution >= 4 is 23.5 Å². The molecular formula is C17H22N4OS. The van der Waals surface area contributed by atoms with E-state index in [0.29, 0.717) is 12.2 Å². The smallest absolute Gasteiger partial charge is 0.227 e. The lowest BCUT2D eigenvalue weighted by Gasteiger charge is -2.22. The van der Waals surface area contributed by atoms with E-state index in [4.69, 9.17) is 0 Å². The van der Waals surface area contributed by atoms with E-state index in [2.05, 4.69) is 34.8 Å². The van der Waals surface area contributed by atoms with Crippen LogP contribution in [-0.4, -0.2) is 39.8 Å². The van der Waals surface area contributed by atoms with Crippen LogP contribution in [0.4, 0.5) is 5.82 Å². The van der Waals surface area contributed by atoms with Gasteiger partial charge in [0.2, 0.25) is 5.91 Å². The third kappa shape index (κ3) is 4.36. The molecule has 6 heteroatoms. The predicted octanol–water partition coefficient (Wildman–Crippen LogP) is 2.53. The molecule has 2 atom stereocenters. The molecule has 0 bridgehead atoms. The van der Waals surface area contributed by atoms with Gasteiger partial charge in [-0.15, -0.1) is 0 Å². The highest BCUT2D eigenvalue weighted by molar-refractivity contribution is 7.99. The first-order valence-corrected chi connectivity index (χ1v) is 9.09. The Balaban J connectivity index is 1.57. The fourth-order valence-corrected chi connectivity index (χ4v) is 3.62. The van der Waals surface area contributed by atoms with E-state index in [1.54, 1.807) is 0 Å². The molecule has 1 aromatic heterocycles. The maximum atomic E-state index is 12.1. The summed E-state index contributed by atoms with van der Waals surface area (Å²) in [5.41, 5.74) is 1.19. The summed E-state index contributed by atoms with van der Waals surface area (Å²) in [7, 11) is 0. The van der Waals surface area contributed by atoms with Crippen molar-refractivity contribution in [2.75, 3.05) is 23.4 Å². The highest BCUT2D eigenvalue weighted by Crippen LogP contribution is 2.18. The quantitative estimate of drug-likeness (QED) is 0.884. The molecule has 5 nitrogen and oxygen atoms in total. The van der Waals surface area contributed by atoms with E-state index in [1.807, 2.05) is 46.9 Å². The second kappa shape index (κ2) is 7.66. The van der Waals surface area contributed by atoms with E-state index >= 15 is 0 Å². The number of carbonyl (C=O) groups excluding carboxylic acids is 1.